The summed E-state index contributed by atoms with van der Waals surface area (Å²) in [5.74, 6) is 1.97. The van der Waals surface area contributed by atoms with Gasteiger partial charge in [0.2, 0.25) is 0 Å². The molecular weight excluding hydrogens is 346 g/mol. The van der Waals surface area contributed by atoms with Crippen molar-refractivity contribution >= 4 is 10.9 Å². The number of nitrogens with one attached hydrogen (secondary N) is 4. The summed E-state index contributed by atoms with van der Waals surface area (Å²) in [5.41, 5.74) is 3.64. The quantitative estimate of drug-likeness (QED) is 0.565. The molecule has 1 aliphatic heterocycles. The van der Waals surface area contributed by atoms with E-state index in [4.69, 9.17) is 0 Å². The summed E-state index contributed by atoms with van der Waals surface area (Å²) in [6, 6.07) is 9.74. The fourth-order valence-electron chi connectivity index (χ4n) is 4.13. The van der Waals surface area contributed by atoms with E-state index in [0.717, 1.165) is 31.3 Å². The lowest BCUT2D eigenvalue weighted by atomic mass is 9.93. The third-order valence-corrected chi connectivity index (χ3v) is 5.98. The third-order valence-electron chi connectivity index (χ3n) is 5.98. The number of aryl methyl sites for hydroxylation is 1. The van der Waals surface area contributed by atoms with Gasteiger partial charge in [0, 0.05) is 36.4 Å². The maximum atomic E-state index is 4.26. The molecule has 1 saturated carbocycles. The molecule has 2 heterocycles. The van der Waals surface area contributed by atoms with E-state index in [0.29, 0.717) is 12.1 Å². The van der Waals surface area contributed by atoms with E-state index < -0.39 is 0 Å². The Balaban J connectivity index is 1.25. The van der Waals surface area contributed by atoms with Crippen molar-refractivity contribution < 1.29 is 0 Å². The number of fused-ring (bicyclic) bond motifs is 1. The van der Waals surface area contributed by atoms with Gasteiger partial charge in [-0.15, -0.1) is 0 Å². The smallest absolute Gasteiger partial charge is 0.0941 e. The van der Waals surface area contributed by atoms with E-state index in [-0.39, 0.29) is 0 Å². The Labute approximate surface area is 168 Å². The van der Waals surface area contributed by atoms with Crippen LogP contribution in [0.3, 0.4) is 0 Å². The molecule has 1 atom stereocenters. The highest BCUT2D eigenvalue weighted by molar-refractivity contribution is 5.81. The minimum absolute atomic E-state index is 0.402. The first kappa shape index (κ1) is 18.8. The van der Waals surface area contributed by atoms with Crippen LogP contribution < -0.4 is 16.0 Å². The zero-order valence-electron chi connectivity index (χ0n) is 17.0. The molecule has 2 aromatic rings. The summed E-state index contributed by atoms with van der Waals surface area (Å²) < 4.78 is 0. The van der Waals surface area contributed by atoms with E-state index >= 15 is 0 Å². The number of piperidine rings is 1. The summed E-state index contributed by atoms with van der Waals surface area (Å²) >= 11 is 0. The SMILES string of the molecule is C=C(NCc1cc2cc(C)ccc2[nH]1)NC1CCCN(C(=C)NC2CCC2)C1. The maximum Gasteiger partial charge on any atom is 0.0941 e. The molecule has 150 valence electrons. The van der Waals surface area contributed by atoms with Gasteiger partial charge in [0.1, 0.15) is 0 Å². The van der Waals surface area contributed by atoms with Crippen molar-refractivity contribution in [3.63, 3.8) is 0 Å². The number of likely N-dealkylation sites (tertiary alicyclic amines) is 1. The van der Waals surface area contributed by atoms with Crippen LogP contribution in [0.25, 0.3) is 10.9 Å². The van der Waals surface area contributed by atoms with Gasteiger partial charge in [-0.2, -0.15) is 0 Å². The Hall–Kier alpha value is -2.56. The standard InChI is InChI=1S/C23H33N5/c1-16-9-10-23-19(12-16)13-22(27-23)14-24-17(2)25-21-8-5-11-28(15-21)18(3)26-20-6-4-7-20/h9-10,12-13,20-21,24-27H,2-8,11,14-15H2,1H3. The number of H-pyrrole nitrogens is 1. The number of aromatic amines is 1. The second-order valence-electron chi connectivity index (χ2n) is 8.37. The summed E-state index contributed by atoms with van der Waals surface area (Å²) in [5, 5.41) is 11.8. The van der Waals surface area contributed by atoms with E-state index in [1.165, 1.54) is 54.3 Å². The predicted octanol–water partition coefficient (Wildman–Crippen LogP) is 3.70. The first-order valence-corrected chi connectivity index (χ1v) is 10.5. The molecule has 1 unspecified atom stereocenters. The molecule has 0 bridgehead atoms. The number of hydrogen-bond donors (Lipinski definition) is 4. The Morgan fingerprint density at radius 1 is 1.11 bits per heavy atom. The first-order valence-electron chi connectivity index (χ1n) is 10.5. The van der Waals surface area contributed by atoms with Gasteiger partial charge >= 0.3 is 0 Å². The van der Waals surface area contributed by atoms with E-state index in [9.17, 15) is 0 Å². The summed E-state index contributed by atoms with van der Waals surface area (Å²) in [4.78, 5) is 5.86. The number of rotatable bonds is 8. The van der Waals surface area contributed by atoms with Crippen molar-refractivity contribution in [1.82, 2.24) is 25.8 Å². The molecule has 5 nitrogen and oxygen atoms in total. The van der Waals surface area contributed by atoms with Crippen molar-refractivity contribution in [1.29, 1.82) is 0 Å². The Morgan fingerprint density at radius 2 is 1.93 bits per heavy atom. The molecule has 2 fully saturated rings. The largest absolute Gasteiger partial charge is 0.370 e. The molecule has 4 N–H and O–H groups in total. The topological polar surface area (TPSA) is 55.1 Å². The fourth-order valence-corrected chi connectivity index (χ4v) is 4.13. The summed E-state index contributed by atoms with van der Waals surface area (Å²) in [7, 11) is 0. The number of aromatic nitrogens is 1. The van der Waals surface area contributed by atoms with Gasteiger partial charge in [-0.05, 0) is 62.6 Å². The number of nitrogens with zero attached hydrogens (tertiary/aromatic N) is 1. The monoisotopic (exact) mass is 379 g/mol. The Kier molecular flexibility index (Phi) is 5.51. The molecule has 2 aliphatic rings. The van der Waals surface area contributed by atoms with Crippen LogP contribution in [-0.2, 0) is 6.54 Å². The Bertz CT molecular complexity index is 848. The maximum absolute atomic E-state index is 4.26. The Morgan fingerprint density at radius 3 is 2.71 bits per heavy atom. The molecule has 1 aliphatic carbocycles. The zero-order valence-corrected chi connectivity index (χ0v) is 17.0. The van der Waals surface area contributed by atoms with Crippen molar-refractivity contribution in [3.05, 3.63) is 60.3 Å². The highest BCUT2D eigenvalue weighted by Crippen LogP contribution is 2.21. The number of benzene rings is 1. The first-order chi connectivity index (χ1) is 13.6. The summed E-state index contributed by atoms with van der Waals surface area (Å²) in [6.07, 6.45) is 6.25. The lowest BCUT2D eigenvalue weighted by Crippen LogP contribution is -2.49. The average Bonchev–Trinajstić information content (AvgIpc) is 3.05. The van der Waals surface area contributed by atoms with Crippen LogP contribution >= 0.6 is 0 Å². The molecule has 1 aromatic heterocycles. The second kappa shape index (κ2) is 8.21. The molecular formula is C23H33N5. The minimum Gasteiger partial charge on any atom is -0.370 e. The molecule has 4 rings (SSSR count). The van der Waals surface area contributed by atoms with Gasteiger partial charge < -0.3 is 25.8 Å². The van der Waals surface area contributed by atoms with Crippen LogP contribution in [0.1, 0.15) is 43.4 Å². The van der Waals surface area contributed by atoms with Crippen molar-refractivity contribution in [3.8, 4) is 0 Å². The van der Waals surface area contributed by atoms with Gasteiger partial charge in [0.05, 0.1) is 18.2 Å². The lowest BCUT2D eigenvalue weighted by molar-refractivity contribution is 0.212. The van der Waals surface area contributed by atoms with Crippen LogP contribution in [0.15, 0.2) is 49.1 Å². The van der Waals surface area contributed by atoms with Crippen LogP contribution in [0.4, 0.5) is 0 Å². The van der Waals surface area contributed by atoms with Gasteiger partial charge in [-0.3, -0.25) is 0 Å². The summed E-state index contributed by atoms with van der Waals surface area (Å²) in [6.45, 7) is 13.4. The molecule has 1 saturated heterocycles. The second-order valence-corrected chi connectivity index (χ2v) is 8.37. The fraction of sp³-hybridized carbons (Fsp3) is 0.478. The third kappa shape index (κ3) is 4.46. The highest BCUT2D eigenvalue weighted by atomic mass is 15.3. The predicted molar refractivity (Wildman–Crippen MR) is 117 cm³/mol. The molecule has 0 amide bonds. The molecule has 28 heavy (non-hydrogen) atoms. The normalized spacial score (nSPS) is 19.9. The van der Waals surface area contributed by atoms with E-state index in [1.54, 1.807) is 0 Å². The van der Waals surface area contributed by atoms with Gasteiger partial charge in [-0.1, -0.05) is 24.8 Å². The molecule has 1 aromatic carbocycles. The molecule has 0 radical (unpaired) electrons. The molecule has 0 spiro atoms. The van der Waals surface area contributed by atoms with E-state index in [1.807, 2.05) is 0 Å². The van der Waals surface area contributed by atoms with Crippen LogP contribution in [0.5, 0.6) is 0 Å². The van der Waals surface area contributed by atoms with Crippen molar-refractivity contribution in [2.75, 3.05) is 13.1 Å². The minimum atomic E-state index is 0.402. The van der Waals surface area contributed by atoms with Crippen LogP contribution in [0, 0.1) is 6.92 Å². The van der Waals surface area contributed by atoms with Crippen molar-refractivity contribution in [2.45, 2.75) is 57.7 Å². The zero-order chi connectivity index (χ0) is 19.5. The van der Waals surface area contributed by atoms with Gasteiger partial charge in [0.25, 0.3) is 0 Å². The van der Waals surface area contributed by atoms with Crippen LogP contribution in [0.2, 0.25) is 0 Å². The average molecular weight is 380 g/mol. The lowest BCUT2D eigenvalue weighted by Gasteiger charge is -2.39. The van der Waals surface area contributed by atoms with Crippen molar-refractivity contribution in [2.24, 2.45) is 0 Å². The molecule has 5 heteroatoms. The van der Waals surface area contributed by atoms with Gasteiger partial charge in [-0.25, -0.2) is 0 Å². The van der Waals surface area contributed by atoms with E-state index in [2.05, 4.69) is 70.2 Å². The van der Waals surface area contributed by atoms with Crippen LogP contribution in [-0.4, -0.2) is 35.1 Å². The number of hydrogen-bond acceptors (Lipinski definition) is 4. The highest BCUT2D eigenvalue weighted by Gasteiger charge is 2.24. The van der Waals surface area contributed by atoms with Gasteiger partial charge in [0.15, 0.2) is 0 Å².